The lowest BCUT2D eigenvalue weighted by Crippen LogP contribution is -2.46. The van der Waals surface area contributed by atoms with E-state index in [-0.39, 0.29) is 24.8 Å². The lowest BCUT2D eigenvalue weighted by atomic mass is 9.99. The molecule has 0 radical (unpaired) electrons. The van der Waals surface area contributed by atoms with Crippen molar-refractivity contribution < 1.29 is 32.2 Å². The van der Waals surface area contributed by atoms with E-state index in [9.17, 15) is 22.8 Å². The van der Waals surface area contributed by atoms with Gasteiger partial charge in [0.05, 0.1) is 18.4 Å². The summed E-state index contributed by atoms with van der Waals surface area (Å²) in [6.07, 6.45) is 1.05. The molecule has 14 heteroatoms. The molecule has 55 heavy (non-hydrogen) atoms. The number of alkyl halides is 3. The molecule has 2 amide bonds. The summed E-state index contributed by atoms with van der Waals surface area (Å²) < 4.78 is 49.6. The number of hydrogen-bond acceptors (Lipinski definition) is 9. The van der Waals surface area contributed by atoms with Gasteiger partial charge in [-0.05, 0) is 53.6 Å². The zero-order valence-electron chi connectivity index (χ0n) is 30.5. The molecule has 11 nitrogen and oxygen atoms in total. The van der Waals surface area contributed by atoms with E-state index in [2.05, 4.69) is 59.7 Å². The molecule has 0 unspecified atom stereocenters. The Morgan fingerprint density at radius 1 is 0.873 bits per heavy atom. The number of nitrogens with one attached hydrogen (secondary N) is 3. The Morgan fingerprint density at radius 2 is 1.64 bits per heavy atom. The number of piperazine rings is 1. The van der Waals surface area contributed by atoms with E-state index in [0.29, 0.717) is 41.5 Å². The number of carbonyl (C=O) groups excluding carboxylic acids is 2. The van der Waals surface area contributed by atoms with Gasteiger partial charge in [-0.15, -0.1) is 0 Å². The van der Waals surface area contributed by atoms with E-state index in [0.717, 1.165) is 80.6 Å². The molecule has 4 heterocycles. The lowest BCUT2D eigenvalue weighted by molar-refractivity contribution is -0.131. The third-order valence-corrected chi connectivity index (χ3v) is 9.89. The molecule has 1 saturated heterocycles. The molecule has 7 rings (SSSR count). The van der Waals surface area contributed by atoms with Crippen molar-refractivity contribution in [2.24, 2.45) is 0 Å². The maximum atomic E-state index is 12.5. The summed E-state index contributed by atoms with van der Waals surface area (Å²) in [4.78, 5) is 41.0. The minimum atomic E-state index is -4.23. The monoisotopic (exact) mass is 755 g/mol. The van der Waals surface area contributed by atoms with Crippen LogP contribution in [0.1, 0.15) is 46.3 Å². The van der Waals surface area contributed by atoms with E-state index >= 15 is 0 Å². The first-order valence-electron chi connectivity index (χ1n) is 18.7. The first kappa shape index (κ1) is 38.0. The summed E-state index contributed by atoms with van der Waals surface area (Å²) in [6.45, 7) is 6.97. The van der Waals surface area contributed by atoms with Crippen LogP contribution in [0.3, 0.4) is 0 Å². The van der Waals surface area contributed by atoms with Gasteiger partial charge in [-0.1, -0.05) is 54.6 Å². The molecule has 0 atom stereocenters. The number of nitrogens with zero attached hydrogens (tertiary/aromatic N) is 4. The Hall–Kier alpha value is -5.31. The second kappa shape index (κ2) is 17.4. The first-order chi connectivity index (χ1) is 26.7. The van der Waals surface area contributed by atoms with Crippen LogP contribution in [0.15, 0.2) is 79.1 Å². The van der Waals surface area contributed by atoms with E-state index in [1.54, 1.807) is 24.4 Å². The fraction of sp³-hybridized carbons (Fsp3) is 0.366. The molecule has 2 aliphatic rings. The van der Waals surface area contributed by atoms with Gasteiger partial charge >= 0.3 is 6.18 Å². The molecule has 0 aliphatic carbocycles. The summed E-state index contributed by atoms with van der Waals surface area (Å²) in [5.74, 6) is 0.562. The summed E-state index contributed by atoms with van der Waals surface area (Å²) >= 11 is 0. The van der Waals surface area contributed by atoms with Crippen molar-refractivity contribution in [2.75, 3.05) is 57.8 Å². The Balaban J connectivity index is 0.789. The highest BCUT2D eigenvalue weighted by atomic mass is 19.4. The van der Waals surface area contributed by atoms with Gasteiger partial charge in [-0.25, -0.2) is 4.98 Å². The molecule has 1 fully saturated rings. The van der Waals surface area contributed by atoms with Crippen molar-refractivity contribution in [1.82, 2.24) is 30.1 Å². The maximum absolute atomic E-state index is 12.5. The number of halogens is 3. The van der Waals surface area contributed by atoms with Gasteiger partial charge in [0, 0.05) is 82.4 Å². The first-order valence-corrected chi connectivity index (χ1v) is 18.7. The number of amides is 2. The molecule has 5 aromatic rings. The van der Waals surface area contributed by atoms with Gasteiger partial charge in [-0.2, -0.15) is 18.2 Å². The van der Waals surface area contributed by atoms with Crippen LogP contribution >= 0.6 is 0 Å². The average Bonchev–Trinajstić information content (AvgIpc) is 3.59. The number of aromatic nitrogens is 3. The zero-order valence-corrected chi connectivity index (χ0v) is 30.5. The van der Waals surface area contributed by atoms with E-state index < -0.39 is 18.5 Å². The number of imide groups is 1. The third kappa shape index (κ3) is 10.1. The Kier molecular flexibility index (Phi) is 12.0. The number of aryl methyl sites for hydroxylation is 1. The molecule has 0 saturated carbocycles. The Morgan fingerprint density at radius 3 is 2.45 bits per heavy atom. The molecular weight excluding hydrogens is 711 g/mol. The van der Waals surface area contributed by atoms with Crippen LogP contribution in [0.5, 0.6) is 11.5 Å². The van der Waals surface area contributed by atoms with Crippen LogP contribution < -0.4 is 15.4 Å². The predicted octanol–water partition coefficient (Wildman–Crippen LogP) is 6.75. The highest BCUT2D eigenvalue weighted by Gasteiger charge is 2.27. The van der Waals surface area contributed by atoms with Crippen molar-refractivity contribution in [2.45, 2.75) is 44.8 Å². The van der Waals surface area contributed by atoms with Crippen LogP contribution in [0.4, 0.5) is 19.1 Å². The van der Waals surface area contributed by atoms with Crippen molar-refractivity contribution in [3.8, 4) is 22.6 Å². The Labute approximate surface area is 317 Å². The summed E-state index contributed by atoms with van der Waals surface area (Å²) in [5.41, 5.74) is 5.87. The number of H-pyrrole nitrogens is 1. The van der Waals surface area contributed by atoms with Crippen LogP contribution in [0.25, 0.3) is 22.2 Å². The van der Waals surface area contributed by atoms with E-state index in [1.165, 1.54) is 5.56 Å². The number of benzene rings is 3. The Bertz CT molecular complexity index is 2100. The number of hydrogen-bond donors (Lipinski definition) is 3. The largest absolute Gasteiger partial charge is 0.456 e. The SMILES string of the molecule is O=C1Cc2cccc(Oc3ccccc3CCCOCCCN3CCN(Cc4ccc(-c5c[nH]c6nc(NCCC(F)(F)F)ncc56)cc4)CC3)c2C(=O)N1. The van der Waals surface area contributed by atoms with Gasteiger partial charge in [0.15, 0.2) is 0 Å². The van der Waals surface area contributed by atoms with Crippen LogP contribution in [0, 0.1) is 0 Å². The van der Waals surface area contributed by atoms with Gasteiger partial charge in [0.1, 0.15) is 17.1 Å². The minimum Gasteiger partial charge on any atom is -0.456 e. The number of para-hydroxylation sites is 1. The second-order valence-corrected chi connectivity index (χ2v) is 13.9. The van der Waals surface area contributed by atoms with Gasteiger partial charge in [-0.3, -0.25) is 19.8 Å². The fourth-order valence-corrected chi connectivity index (χ4v) is 7.02. The molecule has 0 spiro atoms. The van der Waals surface area contributed by atoms with Gasteiger partial charge in [0.25, 0.3) is 5.91 Å². The summed E-state index contributed by atoms with van der Waals surface area (Å²) in [7, 11) is 0. The van der Waals surface area contributed by atoms with Gasteiger partial charge in [0.2, 0.25) is 11.9 Å². The smallest absolute Gasteiger partial charge is 0.390 e. The van der Waals surface area contributed by atoms with Crippen molar-refractivity contribution in [1.29, 1.82) is 0 Å². The van der Waals surface area contributed by atoms with Crippen LogP contribution in [-0.2, 0) is 28.9 Å². The molecule has 2 aliphatic heterocycles. The van der Waals surface area contributed by atoms with E-state index in [1.807, 2.05) is 30.5 Å². The molecule has 0 bridgehead atoms. The molecule has 288 valence electrons. The fourth-order valence-electron chi connectivity index (χ4n) is 7.02. The van der Waals surface area contributed by atoms with Crippen molar-refractivity contribution in [3.05, 3.63) is 101 Å². The normalized spacial score (nSPS) is 15.3. The number of carbonyl (C=O) groups is 2. The highest BCUT2D eigenvalue weighted by Crippen LogP contribution is 2.32. The van der Waals surface area contributed by atoms with Crippen molar-refractivity contribution >= 4 is 28.8 Å². The molecule has 3 aromatic carbocycles. The topological polar surface area (TPSA) is 125 Å². The third-order valence-electron chi connectivity index (χ3n) is 9.89. The number of ether oxygens (including phenoxy) is 2. The molecule has 2 aromatic heterocycles. The second-order valence-electron chi connectivity index (χ2n) is 13.9. The number of rotatable bonds is 16. The predicted molar refractivity (Wildman–Crippen MR) is 203 cm³/mol. The van der Waals surface area contributed by atoms with Crippen molar-refractivity contribution in [3.63, 3.8) is 0 Å². The average molecular weight is 756 g/mol. The standard InChI is InChI=1S/C41H44F3N7O4/c42-41(43,44)15-16-45-40-47-26-33-32(25-46-38(33)49-40)29-13-11-28(12-14-29)27-51-20-18-50(19-21-51)17-5-23-54-22-4-8-30-6-1-2-9-34(30)55-35-10-3-7-31-24-36(52)48-39(53)37(31)35/h1-3,6-7,9-14,25-26H,4-5,8,15-24,27H2,(H,48,52,53)(H2,45,46,47,49). The summed E-state index contributed by atoms with van der Waals surface area (Å²) in [6, 6.07) is 21.6. The highest BCUT2D eigenvalue weighted by molar-refractivity contribution is 6.11. The molecule has 3 N–H and O–H groups in total. The maximum Gasteiger partial charge on any atom is 0.390 e. The quantitative estimate of drug-likeness (QED) is 0.0741. The van der Waals surface area contributed by atoms with Crippen LogP contribution in [-0.4, -0.2) is 95.2 Å². The van der Waals surface area contributed by atoms with Gasteiger partial charge < -0.3 is 24.7 Å². The van der Waals surface area contributed by atoms with Crippen LogP contribution in [0.2, 0.25) is 0 Å². The van der Waals surface area contributed by atoms with E-state index in [4.69, 9.17) is 9.47 Å². The zero-order chi connectivity index (χ0) is 38.2. The number of fused-ring (bicyclic) bond motifs is 2. The number of aromatic amines is 1. The lowest BCUT2D eigenvalue weighted by Gasteiger charge is -2.34. The molecular formula is C41H44F3N7O4. The number of anilines is 1. The summed E-state index contributed by atoms with van der Waals surface area (Å²) in [5, 5.41) is 5.83. The minimum absolute atomic E-state index is 0.156.